The highest BCUT2D eigenvalue weighted by atomic mass is 16.3. The van der Waals surface area contributed by atoms with Gasteiger partial charge in [-0.05, 0) is 24.6 Å². The first-order chi connectivity index (χ1) is 6.81. The lowest BCUT2D eigenvalue weighted by Crippen LogP contribution is -2.27. The first-order valence-electron chi connectivity index (χ1n) is 4.73. The summed E-state index contributed by atoms with van der Waals surface area (Å²) < 4.78 is 0. The average Bonchev–Trinajstić information content (AvgIpc) is 2.26. The van der Waals surface area contributed by atoms with Crippen LogP contribution in [0.5, 0.6) is 0 Å². The third-order valence-electron chi connectivity index (χ3n) is 2.07. The molecule has 0 saturated heterocycles. The van der Waals surface area contributed by atoms with Gasteiger partial charge in [0.05, 0.1) is 13.2 Å². The van der Waals surface area contributed by atoms with E-state index in [0.717, 1.165) is 17.9 Å². The minimum atomic E-state index is 0.0200. The summed E-state index contributed by atoms with van der Waals surface area (Å²) >= 11 is 0. The molecule has 0 unspecified atom stereocenters. The second kappa shape index (κ2) is 5.57. The summed E-state index contributed by atoms with van der Waals surface area (Å²) in [6.07, 6.45) is 1.67. The molecule has 0 bridgehead atoms. The largest absolute Gasteiger partial charge is 0.395 e. The Morgan fingerprint density at radius 2 is 2.21 bits per heavy atom. The van der Waals surface area contributed by atoms with Gasteiger partial charge in [-0.25, -0.2) is 4.98 Å². The van der Waals surface area contributed by atoms with Gasteiger partial charge in [0.25, 0.3) is 0 Å². The zero-order chi connectivity index (χ0) is 10.4. The van der Waals surface area contributed by atoms with Gasteiger partial charge in [0, 0.05) is 19.3 Å². The Hall–Kier alpha value is -1.13. The minimum Gasteiger partial charge on any atom is -0.395 e. The van der Waals surface area contributed by atoms with Crippen molar-refractivity contribution >= 4 is 5.82 Å². The number of nitrogens with zero attached hydrogens (tertiary/aromatic N) is 2. The van der Waals surface area contributed by atoms with E-state index in [1.54, 1.807) is 12.3 Å². The Morgan fingerprint density at radius 1 is 1.43 bits per heavy atom. The van der Waals surface area contributed by atoms with Crippen LogP contribution in [0, 0.1) is 0 Å². The lowest BCUT2D eigenvalue weighted by molar-refractivity contribution is 0.281. The maximum absolute atomic E-state index is 8.95. The Morgan fingerprint density at radius 3 is 2.79 bits per heavy atom. The average molecular weight is 196 g/mol. The van der Waals surface area contributed by atoms with Crippen molar-refractivity contribution < 1.29 is 10.2 Å². The van der Waals surface area contributed by atoms with E-state index in [9.17, 15) is 0 Å². The van der Waals surface area contributed by atoms with E-state index in [1.165, 1.54) is 0 Å². The van der Waals surface area contributed by atoms with Crippen LogP contribution in [-0.4, -0.2) is 34.9 Å². The summed E-state index contributed by atoms with van der Waals surface area (Å²) in [6.45, 7) is 3.49. The van der Waals surface area contributed by atoms with Gasteiger partial charge in [0.1, 0.15) is 5.82 Å². The van der Waals surface area contributed by atoms with E-state index in [0.29, 0.717) is 6.54 Å². The second-order valence-electron chi connectivity index (χ2n) is 2.98. The monoisotopic (exact) mass is 196 g/mol. The van der Waals surface area contributed by atoms with E-state index in [2.05, 4.69) is 4.98 Å². The Balaban J connectivity index is 2.80. The summed E-state index contributed by atoms with van der Waals surface area (Å²) in [5, 5.41) is 17.8. The van der Waals surface area contributed by atoms with Crippen molar-refractivity contribution in [2.24, 2.45) is 0 Å². The highest BCUT2D eigenvalue weighted by Gasteiger charge is 2.04. The molecule has 14 heavy (non-hydrogen) atoms. The van der Waals surface area contributed by atoms with Crippen LogP contribution in [-0.2, 0) is 6.61 Å². The zero-order valence-corrected chi connectivity index (χ0v) is 8.35. The van der Waals surface area contributed by atoms with Gasteiger partial charge in [0.15, 0.2) is 0 Å². The van der Waals surface area contributed by atoms with Crippen LogP contribution in [0.4, 0.5) is 5.82 Å². The van der Waals surface area contributed by atoms with Crippen LogP contribution in [0.1, 0.15) is 12.5 Å². The number of aliphatic hydroxyl groups is 2. The number of pyridine rings is 1. The Labute approximate surface area is 83.8 Å². The number of aliphatic hydroxyl groups excluding tert-OH is 2. The molecule has 0 radical (unpaired) electrons. The van der Waals surface area contributed by atoms with Crippen molar-refractivity contribution in [1.82, 2.24) is 4.98 Å². The van der Waals surface area contributed by atoms with Gasteiger partial charge in [0.2, 0.25) is 0 Å². The number of hydrogen-bond acceptors (Lipinski definition) is 4. The molecule has 0 aliphatic carbocycles. The van der Waals surface area contributed by atoms with Crippen molar-refractivity contribution in [3.63, 3.8) is 0 Å². The standard InChI is InChI=1S/C10H16N2O2/c1-2-12(5-6-13)10-7-9(8-14)3-4-11-10/h3-4,7,13-14H,2,5-6,8H2,1H3. The molecule has 0 amide bonds. The number of hydrogen-bond donors (Lipinski definition) is 2. The molecule has 0 saturated carbocycles. The third kappa shape index (κ3) is 2.68. The van der Waals surface area contributed by atoms with Crippen molar-refractivity contribution in [3.8, 4) is 0 Å². The van der Waals surface area contributed by atoms with E-state index >= 15 is 0 Å². The van der Waals surface area contributed by atoms with Crippen molar-refractivity contribution in [2.45, 2.75) is 13.5 Å². The fourth-order valence-electron chi connectivity index (χ4n) is 1.29. The molecule has 4 heteroatoms. The molecule has 0 fully saturated rings. The molecule has 1 aromatic rings. The van der Waals surface area contributed by atoms with Crippen molar-refractivity contribution in [3.05, 3.63) is 23.9 Å². The van der Waals surface area contributed by atoms with Crippen LogP contribution in [0.15, 0.2) is 18.3 Å². The number of rotatable bonds is 5. The van der Waals surface area contributed by atoms with Crippen LogP contribution in [0.3, 0.4) is 0 Å². The maximum Gasteiger partial charge on any atom is 0.128 e. The molecule has 0 aliphatic heterocycles. The smallest absolute Gasteiger partial charge is 0.128 e. The summed E-state index contributed by atoms with van der Waals surface area (Å²) in [5.74, 6) is 0.799. The molecular weight excluding hydrogens is 180 g/mol. The van der Waals surface area contributed by atoms with Crippen LogP contribution in [0.25, 0.3) is 0 Å². The highest BCUT2D eigenvalue weighted by Crippen LogP contribution is 2.11. The molecular formula is C10H16N2O2. The van der Waals surface area contributed by atoms with Gasteiger partial charge >= 0.3 is 0 Å². The zero-order valence-electron chi connectivity index (χ0n) is 8.35. The lowest BCUT2D eigenvalue weighted by Gasteiger charge is -2.20. The molecule has 78 valence electrons. The molecule has 1 aromatic heterocycles. The van der Waals surface area contributed by atoms with Gasteiger partial charge in [-0.3, -0.25) is 0 Å². The van der Waals surface area contributed by atoms with Gasteiger partial charge in [-0.1, -0.05) is 0 Å². The molecule has 1 rings (SSSR count). The molecule has 0 atom stereocenters. The number of aromatic nitrogens is 1. The van der Waals surface area contributed by atoms with Crippen LogP contribution >= 0.6 is 0 Å². The van der Waals surface area contributed by atoms with Gasteiger partial charge < -0.3 is 15.1 Å². The Kier molecular flexibility index (Phi) is 4.35. The van der Waals surface area contributed by atoms with E-state index in [1.807, 2.05) is 17.9 Å². The number of likely N-dealkylation sites (N-methyl/N-ethyl adjacent to an activating group) is 1. The topological polar surface area (TPSA) is 56.6 Å². The molecule has 0 spiro atoms. The normalized spacial score (nSPS) is 10.2. The minimum absolute atomic E-state index is 0.0200. The first-order valence-corrected chi connectivity index (χ1v) is 4.73. The van der Waals surface area contributed by atoms with Gasteiger partial charge in [-0.15, -0.1) is 0 Å². The summed E-state index contributed by atoms with van der Waals surface area (Å²) in [6, 6.07) is 3.61. The molecule has 4 nitrogen and oxygen atoms in total. The molecule has 0 aliphatic rings. The predicted octanol–water partition coefficient (Wildman–Crippen LogP) is 0.392. The van der Waals surface area contributed by atoms with Crippen molar-refractivity contribution in [2.75, 3.05) is 24.6 Å². The SMILES string of the molecule is CCN(CCO)c1cc(CO)ccn1. The summed E-state index contributed by atoms with van der Waals surface area (Å²) in [7, 11) is 0. The first kappa shape index (κ1) is 10.9. The third-order valence-corrected chi connectivity index (χ3v) is 2.07. The Bertz CT molecular complexity index is 279. The quantitative estimate of drug-likeness (QED) is 0.715. The summed E-state index contributed by atoms with van der Waals surface area (Å²) in [4.78, 5) is 6.14. The fourth-order valence-corrected chi connectivity index (χ4v) is 1.29. The van der Waals surface area contributed by atoms with Crippen LogP contribution in [0.2, 0.25) is 0 Å². The molecule has 2 N–H and O–H groups in total. The van der Waals surface area contributed by atoms with E-state index < -0.39 is 0 Å². The van der Waals surface area contributed by atoms with Crippen LogP contribution < -0.4 is 4.90 Å². The molecule has 0 aromatic carbocycles. The maximum atomic E-state index is 8.95. The number of anilines is 1. The lowest BCUT2D eigenvalue weighted by atomic mass is 10.2. The van der Waals surface area contributed by atoms with Gasteiger partial charge in [-0.2, -0.15) is 0 Å². The summed E-state index contributed by atoms with van der Waals surface area (Å²) in [5.41, 5.74) is 0.839. The predicted molar refractivity (Wildman–Crippen MR) is 55.1 cm³/mol. The van der Waals surface area contributed by atoms with E-state index in [4.69, 9.17) is 10.2 Å². The fraction of sp³-hybridized carbons (Fsp3) is 0.500. The van der Waals surface area contributed by atoms with Crippen molar-refractivity contribution in [1.29, 1.82) is 0 Å². The molecule has 1 heterocycles. The van der Waals surface area contributed by atoms with E-state index in [-0.39, 0.29) is 13.2 Å². The highest BCUT2D eigenvalue weighted by molar-refractivity contribution is 5.40. The second-order valence-corrected chi connectivity index (χ2v) is 2.98.